The van der Waals surface area contributed by atoms with E-state index in [-0.39, 0.29) is 5.38 Å². The average Bonchev–Trinajstić information content (AvgIpc) is 2.41. The second-order valence-electron chi connectivity index (χ2n) is 4.57. The van der Waals surface area contributed by atoms with Crippen molar-refractivity contribution in [1.82, 2.24) is 0 Å². The third kappa shape index (κ3) is 1.20. The Balaban J connectivity index is 2.17. The van der Waals surface area contributed by atoms with Gasteiger partial charge in [0.15, 0.2) is 0 Å². The summed E-state index contributed by atoms with van der Waals surface area (Å²) in [6.45, 7) is 0. The Morgan fingerprint density at radius 3 is 3.07 bits per heavy atom. The van der Waals surface area contributed by atoms with Crippen molar-refractivity contribution >= 4 is 11.6 Å². The molecule has 0 radical (unpaired) electrons. The molecule has 1 aromatic carbocycles. The number of halogens is 1. The maximum Gasteiger partial charge on any atom is 0.0593 e. The van der Waals surface area contributed by atoms with Gasteiger partial charge in [0, 0.05) is 0 Å². The maximum absolute atomic E-state index is 6.37. The molecule has 0 nitrogen and oxygen atoms in total. The van der Waals surface area contributed by atoms with Crippen LogP contribution in [-0.2, 0) is 6.42 Å². The smallest absolute Gasteiger partial charge is 0.0593 e. The summed E-state index contributed by atoms with van der Waals surface area (Å²) in [4.78, 5) is 0. The van der Waals surface area contributed by atoms with Gasteiger partial charge in [-0.05, 0) is 48.3 Å². The van der Waals surface area contributed by atoms with Crippen molar-refractivity contribution in [1.29, 1.82) is 0 Å². The number of rotatable bonds is 0. The Kier molecular flexibility index (Phi) is 2.05. The maximum atomic E-state index is 6.37. The van der Waals surface area contributed by atoms with Crippen molar-refractivity contribution in [3.63, 3.8) is 0 Å². The van der Waals surface area contributed by atoms with Crippen molar-refractivity contribution in [2.45, 2.75) is 43.4 Å². The van der Waals surface area contributed by atoms with Gasteiger partial charge in [0.1, 0.15) is 0 Å². The van der Waals surface area contributed by atoms with Crippen LogP contribution in [0.2, 0.25) is 0 Å². The molecular formula is C13H15Cl. The second kappa shape index (κ2) is 3.27. The number of aryl methyl sites for hydroxylation is 1. The summed E-state index contributed by atoms with van der Waals surface area (Å²) in [5.41, 5.74) is 4.62. The molecule has 0 aliphatic heterocycles. The monoisotopic (exact) mass is 206 g/mol. The van der Waals surface area contributed by atoms with E-state index in [4.69, 9.17) is 11.6 Å². The first-order chi connectivity index (χ1) is 6.86. The minimum Gasteiger partial charge on any atom is -0.118 e. The second-order valence-corrected chi connectivity index (χ2v) is 5.09. The van der Waals surface area contributed by atoms with E-state index in [0.29, 0.717) is 0 Å². The minimum absolute atomic E-state index is 0.285. The van der Waals surface area contributed by atoms with Crippen LogP contribution in [0.4, 0.5) is 0 Å². The van der Waals surface area contributed by atoms with Gasteiger partial charge in [-0.15, -0.1) is 11.6 Å². The van der Waals surface area contributed by atoms with Crippen molar-refractivity contribution in [2.24, 2.45) is 0 Å². The number of benzene rings is 1. The highest BCUT2D eigenvalue weighted by Gasteiger charge is 2.32. The van der Waals surface area contributed by atoms with Crippen LogP contribution in [0.1, 0.15) is 53.7 Å². The number of hydrogen-bond donors (Lipinski definition) is 0. The van der Waals surface area contributed by atoms with E-state index in [1.807, 2.05) is 0 Å². The van der Waals surface area contributed by atoms with E-state index in [2.05, 4.69) is 18.2 Å². The van der Waals surface area contributed by atoms with Gasteiger partial charge in [0.2, 0.25) is 0 Å². The van der Waals surface area contributed by atoms with Crippen LogP contribution < -0.4 is 0 Å². The summed E-state index contributed by atoms with van der Waals surface area (Å²) >= 11 is 6.37. The van der Waals surface area contributed by atoms with Gasteiger partial charge in [0.05, 0.1) is 5.38 Å². The SMILES string of the molecule is ClC1CC2CCCCc3cccc1c32. The molecule has 2 atom stereocenters. The van der Waals surface area contributed by atoms with Crippen molar-refractivity contribution in [3.8, 4) is 0 Å². The van der Waals surface area contributed by atoms with E-state index in [9.17, 15) is 0 Å². The standard InChI is InChI=1S/C13H15Cl/c14-12-8-10-5-2-1-4-9-6-3-7-11(12)13(9)10/h3,6-7,10,12H,1-2,4-5,8H2. The topological polar surface area (TPSA) is 0 Å². The highest BCUT2D eigenvalue weighted by molar-refractivity contribution is 6.21. The molecule has 0 saturated heterocycles. The van der Waals surface area contributed by atoms with Crippen LogP contribution in [0.15, 0.2) is 18.2 Å². The van der Waals surface area contributed by atoms with Crippen molar-refractivity contribution in [3.05, 3.63) is 34.9 Å². The van der Waals surface area contributed by atoms with Crippen LogP contribution in [0.5, 0.6) is 0 Å². The Hall–Kier alpha value is -0.490. The first kappa shape index (κ1) is 8.79. The summed E-state index contributed by atoms with van der Waals surface area (Å²) in [5, 5.41) is 0.285. The Morgan fingerprint density at radius 2 is 2.14 bits per heavy atom. The summed E-state index contributed by atoms with van der Waals surface area (Å²) in [5.74, 6) is 0.770. The molecule has 74 valence electrons. The molecule has 2 aliphatic rings. The highest BCUT2D eigenvalue weighted by atomic mass is 35.5. The van der Waals surface area contributed by atoms with Crippen LogP contribution in [0.25, 0.3) is 0 Å². The molecule has 2 unspecified atom stereocenters. The molecule has 2 aliphatic carbocycles. The van der Waals surface area contributed by atoms with Crippen molar-refractivity contribution < 1.29 is 0 Å². The predicted octanol–water partition coefficient (Wildman–Crippen LogP) is 4.18. The van der Waals surface area contributed by atoms with Gasteiger partial charge in [-0.3, -0.25) is 0 Å². The zero-order valence-corrected chi connectivity index (χ0v) is 9.06. The summed E-state index contributed by atoms with van der Waals surface area (Å²) in [6.07, 6.45) is 6.53. The Bertz CT molecular complexity index is 356. The van der Waals surface area contributed by atoms with Crippen LogP contribution in [0, 0.1) is 0 Å². The van der Waals surface area contributed by atoms with Crippen LogP contribution in [-0.4, -0.2) is 0 Å². The van der Waals surface area contributed by atoms with E-state index in [1.54, 1.807) is 11.1 Å². The van der Waals surface area contributed by atoms with Gasteiger partial charge >= 0.3 is 0 Å². The molecule has 0 spiro atoms. The molecule has 0 amide bonds. The third-order valence-corrected chi connectivity index (χ3v) is 4.13. The largest absolute Gasteiger partial charge is 0.118 e. The van der Waals surface area contributed by atoms with Crippen molar-refractivity contribution in [2.75, 3.05) is 0 Å². The fourth-order valence-electron chi connectivity index (χ4n) is 3.08. The molecule has 1 heteroatoms. The van der Waals surface area contributed by atoms with E-state index >= 15 is 0 Å². The van der Waals surface area contributed by atoms with Gasteiger partial charge in [-0.1, -0.05) is 24.6 Å². The Morgan fingerprint density at radius 1 is 1.21 bits per heavy atom. The molecule has 14 heavy (non-hydrogen) atoms. The molecule has 3 rings (SSSR count). The fourth-order valence-corrected chi connectivity index (χ4v) is 3.49. The van der Waals surface area contributed by atoms with E-state index < -0.39 is 0 Å². The number of hydrogen-bond acceptors (Lipinski definition) is 0. The van der Waals surface area contributed by atoms with Gasteiger partial charge in [-0.2, -0.15) is 0 Å². The fraction of sp³-hybridized carbons (Fsp3) is 0.538. The number of alkyl halides is 1. The third-order valence-electron chi connectivity index (χ3n) is 3.72. The van der Waals surface area contributed by atoms with Crippen LogP contribution in [0.3, 0.4) is 0 Å². The lowest BCUT2D eigenvalue weighted by atomic mass is 9.95. The molecule has 0 saturated carbocycles. The minimum atomic E-state index is 0.285. The summed E-state index contributed by atoms with van der Waals surface area (Å²) < 4.78 is 0. The highest BCUT2D eigenvalue weighted by Crippen LogP contribution is 2.49. The van der Waals surface area contributed by atoms with Crippen LogP contribution >= 0.6 is 11.6 Å². The lowest BCUT2D eigenvalue weighted by molar-refractivity contribution is 0.583. The normalized spacial score (nSPS) is 29.8. The molecule has 1 aromatic rings. The van der Waals surface area contributed by atoms with Gasteiger partial charge in [-0.25, -0.2) is 0 Å². The predicted molar refractivity (Wildman–Crippen MR) is 59.9 cm³/mol. The average molecular weight is 207 g/mol. The zero-order valence-electron chi connectivity index (χ0n) is 8.30. The first-order valence-corrected chi connectivity index (χ1v) is 6.05. The summed E-state index contributed by atoms with van der Waals surface area (Å²) in [7, 11) is 0. The summed E-state index contributed by atoms with van der Waals surface area (Å²) in [6, 6.07) is 6.70. The quantitative estimate of drug-likeness (QED) is 0.559. The van der Waals surface area contributed by atoms with Gasteiger partial charge in [0.25, 0.3) is 0 Å². The van der Waals surface area contributed by atoms with E-state index in [1.165, 1.54) is 37.7 Å². The van der Waals surface area contributed by atoms with Gasteiger partial charge < -0.3 is 0 Å². The molecular weight excluding hydrogens is 192 g/mol. The molecule has 0 bridgehead atoms. The Labute approximate surface area is 90.3 Å². The zero-order chi connectivity index (χ0) is 9.54. The molecule has 0 heterocycles. The molecule has 0 N–H and O–H groups in total. The lowest BCUT2D eigenvalue weighted by Crippen LogP contribution is -1.94. The molecule has 0 fully saturated rings. The van der Waals surface area contributed by atoms with E-state index in [0.717, 1.165) is 5.92 Å². The first-order valence-electron chi connectivity index (χ1n) is 5.62. The molecule has 0 aromatic heterocycles. The lowest BCUT2D eigenvalue weighted by Gasteiger charge is -2.10.